The number of rotatable bonds is 9. The molecule has 0 bridgehead atoms. The highest BCUT2D eigenvalue weighted by Gasteiger charge is 2.32. The summed E-state index contributed by atoms with van der Waals surface area (Å²) in [5, 5.41) is 12.5. The number of carboxylic acid groups (broad SMARTS) is 1. The highest BCUT2D eigenvalue weighted by molar-refractivity contribution is 5.78. The number of ether oxygens (including phenoxy) is 1. The maximum absolute atomic E-state index is 11.4. The second kappa shape index (κ2) is 8.60. The van der Waals surface area contributed by atoms with Crippen molar-refractivity contribution in [3.8, 4) is 0 Å². The van der Waals surface area contributed by atoms with E-state index in [1.807, 2.05) is 14.0 Å². The van der Waals surface area contributed by atoms with Crippen LogP contribution in [0.25, 0.3) is 0 Å². The number of carbonyl (C=O) groups is 1. The predicted molar refractivity (Wildman–Crippen MR) is 80.0 cm³/mol. The molecule has 0 amide bonds. The van der Waals surface area contributed by atoms with Crippen molar-refractivity contribution < 1.29 is 14.6 Å². The quantitative estimate of drug-likeness (QED) is 0.676. The number of carboxylic acids is 1. The standard InChI is InChI=1S/C15H30N2O3/c1-4-9-16-15(2,14(18)19)8-10-17(3)12-13-7-5-6-11-20-13/h13,16H,4-12H2,1-3H3,(H,18,19). The molecule has 5 nitrogen and oxygen atoms in total. The van der Waals surface area contributed by atoms with Crippen LogP contribution < -0.4 is 5.32 Å². The summed E-state index contributed by atoms with van der Waals surface area (Å²) >= 11 is 0. The molecule has 2 N–H and O–H groups in total. The number of aliphatic carboxylic acids is 1. The third-order valence-corrected chi connectivity index (χ3v) is 4.02. The fraction of sp³-hybridized carbons (Fsp3) is 0.933. The summed E-state index contributed by atoms with van der Waals surface area (Å²) in [6.45, 7) is 7.07. The maximum Gasteiger partial charge on any atom is 0.323 e. The zero-order valence-corrected chi connectivity index (χ0v) is 13.2. The summed E-state index contributed by atoms with van der Waals surface area (Å²) in [6, 6.07) is 0. The largest absolute Gasteiger partial charge is 0.480 e. The summed E-state index contributed by atoms with van der Waals surface area (Å²) < 4.78 is 5.72. The second-order valence-corrected chi connectivity index (χ2v) is 6.06. The number of nitrogens with zero attached hydrogens (tertiary/aromatic N) is 1. The van der Waals surface area contributed by atoms with Crippen molar-refractivity contribution in [2.24, 2.45) is 0 Å². The average molecular weight is 286 g/mol. The van der Waals surface area contributed by atoms with Gasteiger partial charge in [0.05, 0.1) is 6.10 Å². The van der Waals surface area contributed by atoms with Crippen LogP contribution in [0.5, 0.6) is 0 Å². The molecule has 0 spiro atoms. The van der Waals surface area contributed by atoms with E-state index in [2.05, 4.69) is 10.2 Å². The second-order valence-electron chi connectivity index (χ2n) is 6.06. The molecule has 2 atom stereocenters. The highest BCUT2D eigenvalue weighted by atomic mass is 16.5. The first-order valence-electron chi connectivity index (χ1n) is 7.76. The van der Waals surface area contributed by atoms with Crippen LogP contribution >= 0.6 is 0 Å². The normalized spacial score (nSPS) is 22.7. The number of hydrogen-bond donors (Lipinski definition) is 2. The minimum atomic E-state index is -0.836. The summed E-state index contributed by atoms with van der Waals surface area (Å²) in [4.78, 5) is 13.6. The number of likely N-dealkylation sites (N-methyl/N-ethyl adjacent to an activating group) is 1. The molecule has 1 aliphatic heterocycles. The molecule has 2 unspecified atom stereocenters. The van der Waals surface area contributed by atoms with Gasteiger partial charge < -0.3 is 20.1 Å². The Balaban J connectivity index is 2.35. The molecule has 0 saturated carbocycles. The van der Waals surface area contributed by atoms with Crippen LogP contribution in [-0.4, -0.2) is 60.9 Å². The van der Waals surface area contributed by atoms with Crippen LogP contribution in [0.15, 0.2) is 0 Å². The lowest BCUT2D eigenvalue weighted by Gasteiger charge is -2.31. The predicted octanol–water partition coefficient (Wildman–Crippen LogP) is 1.72. The molecule has 1 heterocycles. The van der Waals surface area contributed by atoms with Crippen molar-refractivity contribution in [3.63, 3.8) is 0 Å². The van der Waals surface area contributed by atoms with Gasteiger partial charge in [0.25, 0.3) is 0 Å². The molecular weight excluding hydrogens is 256 g/mol. The molecule has 0 radical (unpaired) electrons. The first-order chi connectivity index (χ1) is 9.48. The summed E-state index contributed by atoms with van der Waals surface area (Å²) in [5.74, 6) is -0.770. The van der Waals surface area contributed by atoms with E-state index in [-0.39, 0.29) is 0 Å². The Morgan fingerprint density at radius 2 is 2.25 bits per heavy atom. The van der Waals surface area contributed by atoms with Crippen molar-refractivity contribution in [3.05, 3.63) is 0 Å². The lowest BCUT2D eigenvalue weighted by atomic mass is 9.97. The lowest BCUT2D eigenvalue weighted by Crippen LogP contribution is -2.51. The Morgan fingerprint density at radius 1 is 1.50 bits per heavy atom. The monoisotopic (exact) mass is 286 g/mol. The van der Waals surface area contributed by atoms with Gasteiger partial charge in [-0.15, -0.1) is 0 Å². The van der Waals surface area contributed by atoms with Crippen molar-refractivity contribution in [2.45, 2.75) is 57.6 Å². The van der Waals surface area contributed by atoms with Gasteiger partial charge in [-0.3, -0.25) is 4.79 Å². The van der Waals surface area contributed by atoms with Crippen LogP contribution in [0.2, 0.25) is 0 Å². The molecule has 1 fully saturated rings. The topological polar surface area (TPSA) is 61.8 Å². The molecule has 1 rings (SSSR count). The average Bonchev–Trinajstić information content (AvgIpc) is 2.44. The third kappa shape index (κ3) is 5.77. The van der Waals surface area contributed by atoms with Gasteiger partial charge in [0.2, 0.25) is 0 Å². The van der Waals surface area contributed by atoms with Crippen molar-refractivity contribution in [1.29, 1.82) is 0 Å². The molecule has 0 aliphatic carbocycles. The van der Waals surface area contributed by atoms with Gasteiger partial charge >= 0.3 is 5.97 Å². The van der Waals surface area contributed by atoms with Crippen LogP contribution in [0, 0.1) is 0 Å². The summed E-state index contributed by atoms with van der Waals surface area (Å²) in [7, 11) is 2.04. The van der Waals surface area contributed by atoms with Gasteiger partial charge in [-0.05, 0) is 52.6 Å². The molecule has 5 heteroatoms. The third-order valence-electron chi connectivity index (χ3n) is 4.02. The Labute approximate surface area is 122 Å². The summed E-state index contributed by atoms with van der Waals surface area (Å²) in [5.41, 5.74) is -0.836. The molecule has 20 heavy (non-hydrogen) atoms. The van der Waals surface area contributed by atoms with Crippen LogP contribution in [0.4, 0.5) is 0 Å². The smallest absolute Gasteiger partial charge is 0.323 e. The first kappa shape index (κ1) is 17.4. The van der Waals surface area contributed by atoms with Gasteiger partial charge in [-0.2, -0.15) is 0 Å². The number of nitrogens with one attached hydrogen (secondary N) is 1. The van der Waals surface area contributed by atoms with E-state index in [9.17, 15) is 9.90 Å². The van der Waals surface area contributed by atoms with Gasteiger partial charge in [0, 0.05) is 19.7 Å². The van der Waals surface area contributed by atoms with E-state index >= 15 is 0 Å². The zero-order valence-electron chi connectivity index (χ0n) is 13.2. The molecule has 118 valence electrons. The van der Waals surface area contributed by atoms with Crippen LogP contribution in [-0.2, 0) is 9.53 Å². The molecule has 0 aromatic carbocycles. The van der Waals surface area contributed by atoms with Gasteiger partial charge in [0.15, 0.2) is 0 Å². The van der Waals surface area contributed by atoms with E-state index < -0.39 is 11.5 Å². The SMILES string of the molecule is CCCNC(C)(CCN(C)CC1CCCCO1)C(=O)O. The van der Waals surface area contributed by atoms with E-state index in [0.717, 1.165) is 45.5 Å². The van der Waals surface area contributed by atoms with Crippen molar-refractivity contribution >= 4 is 5.97 Å². The maximum atomic E-state index is 11.4. The van der Waals surface area contributed by atoms with Crippen LogP contribution in [0.1, 0.15) is 46.0 Å². The number of hydrogen-bond acceptors (Lipinski definition) is 4. The fourth-order valence-electron chi connectivity index (χ4n) is 2.48. The lowest BCUT2D eigenvalue weighted by molar-refractivity contribution is -0.144. The van der Waals surface area contributed by atoms with E-state index in [4.69, 9.17) is 4.74 Å². The Hall–Kier alpha value is -0.650. The Bertz CT molecular complexity index is 293. The van der Waals surface area contributed by atoms with Crippen molar-refractivity contribution in [1.82, 2.24) is 10.2 Å². The molecular formula is C15H30N2O3. The summed E-state index contributed by atoms with van der Waals surface area (Å²) in [6.07, 6.45) is 5.38. The zero-order chi connectivity index (χ0) is 15.0. The van der Waals surface area contributed by atoms with Crippen molar-refractivity contribution in [2.75, 3.05) is 33.3 Å². The Morgan fingerprint density at radius 3 is 2.80 bits per heavy atom. The molecule has 0 aromatic rings. The van der Waals surface area contributed by atoms with E-state index in [1.54, 1.807) is 6.92 Å². The van der Waals surface area contributed by atoms with Gasteiger partial charge in [-0.1, -0.05) is 6.92 Å². The van der Waals surface area contributed by atoms with Gasteiger partial charge in [-0.25, -0.2) is 0 Å². The van der Waals surface area contributed by atoms with Gasteiger partial charge in [0.1, 0.15) is 5.54 Å². The van der Waals surface area contributed by atoms with E-state index in [0.29, 0.717) is 12.5 Å². The first-order valence-corrected chi connectivity index (χ1v) is 7.76. The molecule has 0 aromatic heterocycles. The minimum absolute atomic E-state index is 0.313. The fourth-order valence-corrected chi connectivity index (χ4v) is 2.48. The minimum Gasteiger partial charge on any atom is -0.480 e. The molecule has 1 saturated heterocycles. The van der Waals surface area contributed by atoms with Crippen LogP contribution in [0.3, 0.4) is 0 Å². The highest BCUT2D eigenvalue weighted by Crippen LogP contribution is 2.15. The molecule has 1 aliphatic rings. The van der Waals surface area contributed by atoms with E-state index in [1.165, 1.54) is 6.42 Å². The Kier molecular flexibility index (Phi) is 7.48.